The Bertz CT molecular complexity index is 468. The predicted octanol–water partition coefficient (Wildman–Crippen LogP) is 3.97. The third-order valence-electron chi connectivity index (χ3n) is 2.47. The molecule has 0 aliphatic heterocycles. The molecular weight excluding hydrogens is 341 g/mol. The van der Waals surface area contributed by atoms with Gasteiger partial charge in [0.05, 0.1) is 13.2 Å². The van der Waals surface area contributed by atoms with Crippen LogP contribution >= 0.6 is 15.9 Å². The van der Waals surface area contributed by atoms with Gasteiger partial charge >= 0.3 is 6.09 Å². The minimum atomic E-state index is -0.514. The Hall–Kier alpha value is -1.14. The second-order valence-corrected chi connectivity index (χ2v) is 6.65. The molecule has 118 valence electrons. The molecule has 1 rings (SSSR count). The van der Waals surface area contributed by atoms with E-state index in [4.69, 9.17) is 9.47 Å². The van der Waals surface area contributed by atoms with Gasteiger partial charge in [-0.2, -0.15) is 0 Å². The fraction of sp³-hybridized carbons (Fsp3) is 0.533. The van der Waals surface area contributed by atoms with Crippen LogP contribution in [0.4, 0.5) is 9.18 Å². The van der Waals surface area contributed by atoms with E-state index >= 15 is 0 Å². The van der Waals surface area contributed by atoms with Gasteiger partial charge in [-0.25, -0.2) is 9.18 Å². The summed E-state index contributed by atoms with van der Waals surface area (Å²) < 4.78 is 24.5. The first-order chi connectivity index (χ1) is 9.67. The van der Waals surface area contributed by atoms with E-state index in [2.05, 4.69) is 15.9 Å². The highest BCUT2D eigenvalue weighted by Crippen LogP contribution is 2.15. The minimum Gasteiger partial charge on any atom is -0.444 e. The Morgan fingerprint density at radius 3 is 2.57 bits per heavy atom. The van der Waals surface area contributed by atoms with E-state index < -0.39 is 5.60 Å². The molecule has 0 bridgehead atoms. The number of carbonyl (C=O) groups is 1. The molecule has 0 aromatic heterocycles. The molecule has 0 saturated carbocycles. The summed E-state index contributed by atoms with van der Waals surface area (Å²) in [5.74, 6) is -0.311. The summed E-state index contributed by atoms with van der Waals surface area (Å²) >= 11 is 3.23. The van der Waals surface area contributed by atoms with Gasteiger partial charge in [0.1, 0.15) is 11.4 Å². The van der Waals surface area contributed by atoms with Gasteiger partial charge < -0.3 is 14.4 Å². The van der Waals surface area contributed by atoms with Gasteiger partial charge in [0, 0.05) is 18.1 Å². The molecule has 0 fully saturated rings. The van der Waals surface area contributed by atoms with Crippen molar-refractivity contribution in [2.75, 3.05) is 20.2 Å². The average Bonchev–Trinajstić information content (AvgIpc) is 2.31. The summed E-state index contributed by atoms with van der Waals surface area (Å²) in [6.07, 6.45) is -0.389. The smallest absolute Gasteiger partial charge is 0.410 e. The van der Waals surface area contributed by atoms with Crippen LogP contribution in [0.2, 0.25) is 0 Å². The fourth-order valence-corrected chi connectivity index (χ4v) is 2.03. The van der Waals surface area contributed by atoms with E-state index in [0.29, 0.717) is 24.2 Å². The number of hydrogen-bond donors (Lipinski definition) is 0. The number of benzene rings is 1. The van der Waals surface area contributed by atoms with Crippen molar-refractivity contribution in [1.82, 2.24) is 4.90 Å². The number of halogens is 2. The van der Waals surface area contributed by atoms with E-state index in [0.717, 1.165) is 5.56 Å². The number of hydrogen-bond acceptors (Lipinski definition) is 3. The lowest BCUT2D eigenvalue weighted by Gasteiger charge is -2.24. The van der Waals surface area contributed by atoms with Crippen LogP contribution in [-0.2, 0) is 16.1 Å². The zero-order valence-corrected chi connectivity index (χ0v) is 14.4. The topological polar surface area (TPSA) is 38.8 Å². The highest BCUT2D eigenvalue weighted by Gasteiger charge is 2.19. The average molecular weight is 362 g/mol. The molecule has 0 spiro atoms. The summed E-state index contributed by atoms with van der Waals surface area (Å²) in [5, 5.41) is 0. The number of rotatable bonds is 5. The van der Waals surface area contributed by atoms with Crippen LogP contribution in [-0.4, -0.2) is 36.8 Å². The van der Waals surface area contributed by atoms with Crippen molar-refractivity contribution in [1.29, 1.82) is 0 Å². The Morgan fingerprint density at radius 1 is 1.33 bits per heavy atom. The molecule has 1 aromatic carbocycles. The molecule has 1 aromatic rings. The number of nitrogens with zero attached hydrogens (tertiary/aromatic N) is 1. The molecule has 0 aliphatic carbocycles. The van der Waals surface area contributed by atoms with E-state index in [1.807, 2.05) is 20.8 Å². The lowest BCUT2D eigenvalue weighted by Crippen LogP contribution is -2.36. The van der Waals surface area contributed by atoms with Crippen molar-refractivity contribution >= 4 is 22.0 Å². The van der Waals surface area contributed by atoms with E-state index in [9.17, 15) is 9.18 Å². The van der Waals surface area contributed by atoms with E-state index in [-0.39, 0.29) is 11.9 Å². The fourth-order valence-electron chi connectivity index (χ4n) is 1.52. The van der Waals surface area contributed by atoms with Gasteiger partial charge in [0.25, 0.3) is 0 Å². The predicted molar refractivity (Wildman–Crippen MR) is 82.6 cm³/mol. The SMILES string of the molecule is CN(CCOCc1cc(F)cc(Br)c1)C(=O)OC(C)(C)C. The third-order valence-corrected chi connectivity index (χ3v) is 2.93. The maximum atomic E-state index is 13.2. The van der Waals surface area contributed by atoms with Gasteiger partial charge in [0.2, 0.25) is 0 Å². The van der Waals surface area contributed by atoms with Crippen LogP contribution in [0, 0.1) is 5.82 Å². The molecule has 0 radical (unpaired) electrons. The van der Waals surface area contributed by atoms with Gasteiger partial charge in [-0.3, -0.25) is 0 Å². The molecule has 0 aliphatic rings. The van der Waals surface area contributed by atoms with Crippen LogP contribution in [0.25, 0.3) is 0 Å². The Kier molecular flexibility index (Phi) is 6.61. The number of carbonyl (C=O) groups excluding carboxylic acids is 1. The number of ether oxygens (including phenoxy) is 2. The van der Waals surface area contributed by atoms with Crippen LogP contribution < -0.4 is 0 Å². The Balaban J connectivity index is 2.32. The second kappa shape index (κ2) is 7.75. The standard InChI is InChI=1S/C15H21BrFNO3/c1-15(2,3)21-14(19)18(4)5-6-20-10-11-7-12(16)9-13(17)8-11/h7-9H,5-6,10H2,1-4H3. The first-order valence-electron chi connectivity index (χ1n) is 6.64. The molecule has 0 saturated heterocycles. The molecule has 0 atom stereocenters. The van der Waals surface area contributed by atoms with Crippen molar-refractivity contribution in [3.05, 3.63) is 34.1 Å². The summed E-state index contributed by atoms with van der Waals surface area (Å²) in [6.45, 7) is 6.50. The molecule has 0 unspecified atom stereocenters. The second-order valence-electron chi connectivity index (χ2n) is 5.73. The number of likely N-dealkylation sites (N-methyl/N-ethyl adjacent to an activating group) is 1. The highest BCUT2D eigenvalue weighted by molar-refractivity contribution is 9.10. The molecule has 6 heteroatoms. The van der Waals surface area contributed by atoms with Crippen LogP contribution in [0.15, 0.2) is 22.7 Å². The molecular formula is C15H21BrFNO3. The van der Waals surface area contributed by atoms with Crippen LogP contribution in [0.1, 0.15) is 26.3 Å². The zero-order valence-electron chi connectivity index (χ0n) is 12.8. The van der Waals surface area contributed by atoms with Gasteiger partial charge in [-0.05, 0) is 44.5 Å². The summed E-state index contributed by atoms with van der Waals surface area (Å²) in [4.78, 5) is 13.2. The molecule has 0 heterocycles. The molecule has 4 nitrogen and oxygen atoms in total. The minimum absolute atomic E-state index is 0.290. The van der Waals surface area contributed by atoms with Crippen molar-refractivity contribution in [3.63, 3.8) is 0 Å². The third kappa shape index (κ3) is 7.43. The lowest BCUT2D eigenvalue weighted by atomic mass is 10.2. The monoisotopic (exact) mass is 361 g/mol. The van der Waals surface area contributed by atoms with E-state index in [1.165, 1.54) is 17.0 Å². The van der Waals surface area contributed by atoms with Crippen molar-refractivity contribution < 1.29 is 18.7 Å². The highest BCUT2D eigenvalue weighted by atomic mass is 79.9. The lowest BCUT2D eigenvalue weighted by molar-refractivity contribution is 0.0221. The Morgan fingerprint density at radius 2 is 2.00 bits per heavy atom. The molecule has 0 N–H and O–H groups in total. The van der Waals surface area contributed by atoms with Gasteiger partial charge in [0.15, 0.2) is 0 Å². The normalized spacial score (nSPS) is 11.3. The maximum Gasteiger partial charge on any atom is 0.410 e. The van der Waals surface area contributed by atoms with Crippen molar-refractivity contribution in [3.8, 4) is 0 Å². The van der Waals surface area contributed by atoms with Gasteiger partial charge in [-0.1, -0.05) is 15.9 Å². The number of amides is 1. The summed E-state index contributed by atoms with van der Waals surface area (Å²) in [5.41, 5.74) is 0.224. The van der Waals surface area contributed by atoms with Crippen molar-refractivity contribution in [2.24, 2.45) is 0 Å². The summed E-state index contributed by atoms with van der Waals surface area (Å²) in [7, 11) is 1.65. The van der Waals surface area contributed by atoms with E-state index in [1.54, 1.807) is 13.1 Å². The van der Waals surface area contributed by atoms with Crippen LogP contribution in [0.3, 0.4) is 0 Å². The first kappa shape index (κ1) is 17.9. The zero-order chi connectivity index (χ0) is 16.0. The first-order valence-corrected chi connectivity index (χ1v) is 7.43. The Labute approximate surface area is 133 Å². The summed E-state index contributed by atoms with van der Waals surface area (Å²) in [6, 6.07) is 4.60. The maximum absolute atomic E-state index is 13.2. The van der Waals surface area contributed by atoms with Crippen molar-refractivity contribution in [2.45, 2.75) is 33.0 Å². The largest absolute Gasteiger partial charge is 0.444 e. The van der Waals surface area contributed by atoms with Crippen LogP contribution in [0.5, 0.6) is 0 Å². The molecule has 21 heavy (non-hydrogen) atoms. The molecule has 1 amide bonds. The quantitative estimate of drug-likeness (QED) is 0.744. The van der Waals surface area contributed by atoms with Gasteiger partial charge in [-0.15, -0.1) is 0 Å².